The van der Waals surface area contributed by atoms with Crippen LogP contribution in [0.4, 0.5) is 0 Å². The lowest BCUT2D eigenvalue weighted by atomic mass is 9.85. The lowest BCUT2D eigenvalue weighted by Crippen LogP contribution is -2.61. The number of primary amides is 2. The van der Waals surface area contributed by atoms with Crippen LogP contribution in [-0.4, -0.2) is 149 Å². The second-order valence-electron chi connectivity index (χ2n) is 20.1. The van der Waals surface area contributed by atoms with Crippen molar-refractivity contribution < 1.29 is 52.7 Å². The van der Waals surface area contributed by atoms with Crippen LogP contribution in [0.15, 0.2) is 59.6 Å². The van der Waals surface area contributed by atoms with Crippen molar-refractivity contribution in [1.82, 2.24) is 42.1 Å². The summed E-state index contributed by atoms with van der Waals surface area (Å²) in [7, 11) is 4.11. The first-order valence-corrected chi connectivity index (χ1v) is 28.5. The zero-order valence-electron chi connectivity index (χ0n) is 44.3. The van der Waals surface area contributed by atoms with Gasteiger partial charge in [-0.1, -0.05) is 97.2 Å². The predicted molar refractivity (Wildman–Crippen MR) is 294 cm³/mol. The van der Waals surface area contributed by atoms with Gasteiger partial charge in [0.2, 0.25) is 59.1 Å². The van der Waals surface area contributed by atoms with Crippen molar-refractivity contribution in [3.05, 3.63) is 65.7 Å². The Morgan fingerprint density at radius 3 is 2.03 bits per heavy atom. The fourth-order valence-electron chi connectivity index (χ4n) is 9.54. The van der Waals surface area contributed by atoms with E-state index < -0.39 is 125 Å². The van der Waals surface area contributed by atoms with Gasteiger partial charge in [0.05, 0.1) is 20.1 Å². The number of nitrogens with zero attached hydrogens (tertiary/aromatic N) is 2. The summed E-state index contributed by atoms with van der Waals surface area (Å²) in [5.41, 5.74) is 23.2. The van der Waals surface area contributed by atoms with Gasteiger partial charge in [-0.3, -0.25) is 52.9 Å². The number of nitrogens with one attached hydrogen (secondary N) is 7. The Hall–Kier alpha value is -7.09. The Balaban J connectivity index is 1.52. The summed E-state index contributed by atoms with van der Waals surface area (Å²) in [6.45, 7) is 2.98. The number of carbonyl (C=O) groups excluding carboxylic acids is 10. The van der Waals surface area contributed by atoms with Gasteiger partial charge >= 0.3 is 0 Å². The summed E-state index contributed by atoms with van der Waals surface area (Å²) in [6.07, 6.45) is 3.75. The van der Waals surface area contributed by atoms with E-state index in [1.807, 2.05) is 0 Å². The monoisotopic (exact) mass is 1120 g/mol. The van der Waals surface area contributed by atoms with Crippen LogP contribution in [0.5, 0.6) is 5.75 Å². The third-order valence-corrected chi connectivity index (χ3v) is 17.0. The van der Waals surface area contributed by atoms with Crippen molar-refractivity contribution in [2.24, 2.45) is 33.8 Å². The maximum atomic E-state index is 14.9. The molecule has 0 radical (unpaired) electrons. The van der Waals surface area contributed by atoms with E-state index >= 15 is 0 Å². The number of methoxy groups -OCH3 is 1. The first-order chi connectivity index (χ1) is 37.2. The van der Waals surface area contributed by atoms with E-state index in [0.29, 0.717) is 36.1 Å². The van der Waals surface area contributed by atoms with Gasteiger partial charge in [0.25, 0.3) is 0 Å². The highest BCUT2D eigenvalue weighted by Crippen LogP contribution is 2.48. The van der Waals surface area contributed by atoms with Crippen LogP contribution < -0.4 is 64.9 Å². The maximum absolute atomic E-state index is 14.9. The van der Waals surface area contributed by atoms with E-state index in [4.69, 9.17) is 27.7 Å². The summed E-state index contributed by atoms with van der Waals surface area (Å²) in [6, 6.07) is 6.71. The van der Waals surface area contributed by atoms with E-state index in [1.165, 1.54) is 33.6 Å². The van der Waals surface area contributed by atoms with Crippen molar-refractivity contribution >= 4 is 86.6 Å². The number of hydrogen-bond donors (Lipinski definition) is 11. The Bertz CT molecular complexity index is 2480. The smallest absolute Gasteiger partial charge is 0.246 e. The number of hydrogen-bond acceptors (Lipinski definition) is 14. The topological polar surface area (TPSA) is 384 Å². The molecule has 426 valence electrons. The first-order valence-electron chi connectivity index (χ1n) is 26.2. The number of rotatable bonds is 18. The van der Waals surface area contributed by atoms with Crippen LogP contribution in [0, 0.1) is 5.92 Å². The van der Waals surface area contributed by atoms with Gasteiger partial charge in [0.15, 0.2) is 5.96 Å². The molecule has 3 aliphatic rings. The summed E-state index contributed by atoms with van der Waals surface area (Å²) in [4.78, 5) is 144. The molecule has 15 N–H and O–H groups in total. The number of nitrogens with two attached hydrogens (primary N) is 4. The Kier molecular flexibility index (Phi) is 23.9. The number of likely N-dealkylation sites (tertiary alicyclic amines) is 1. The summed E-state index contributed by atoms with van der Waals surface area (Å²) in [5.74, 6) is -7.93. The highest BCUT2D eigenvalue weighted by molar-refractivity contribution is 8.77. The number of benzene rings is 2. The average molecular weight is 1120 g/mol. The van der Waals surface area contributed by atoms with Crippen LogP contribution in [0.25, 0.3) is 0 Å². The molecule has 78 heavy (non-hydrogen) atoms. The maximum Gasteiger partial charge on any atom is 0.246 e. The minimum atomic E-state index is -1.66. The van der Waals surface area contributed by atoms with E-state index in [2.05, 4.69) is 42.2 Å². The van der Waals surface area contributed by atoms with Gasteiger partial charge in [0.1, 0.15) is 48.0 Å². The standard InChI is InChI=1S/C52H75N13O11S2/c1-30(2)43-49(74)62-37(26-40(53)66)46(71)63-38(50(75)65-23-11-15-39(65)48(73)60-34(14-10-22-57-51(55)56)44(69)58-28-41(54)67)29-77-78-52(20-8-5-9-21-52)27-42(68)59-35(25-32-16-18-33(76-3)19-17-32)45(70)61-36(47(72)64-43)24-31-12-6-4-7-13-31/h4,6-7,12-13,16-19,30,34-39,43H,5,8-11,14-15,20-29H2,1-3H3,(H2,53,66)(H2,54,67)(H,58,69)(H,59,68)(H,60,73)(H,61,70)(H,62,74)(H,63,71)(H,64,72)(H4,55,56,57)/t34-,35+,36-,37-,38-,39+,43+/m1/s1. The Morgan fingerprint density at radius 1 is 0.769 bits per heavy atom. The molecule has 2 aromatic rings. The third kappa shape index (κ3) is 19.1. The number of carbonyl (C=O) groups is 10. The fourth-order valence-corrected chi connectivity index (χ4v) is 12.9. The molecule has 0 unspecified atom stereocenters. The molecule has 2 aliphatic heterocycles. The number of amides is 10. The number of guanidine groups is 1. The van der Waals surface area contributed by atoms with Crippen molar-refractivity contribution in [3.63, 3.8) is 0 Å². The lowest BCUT2D eigenvalue weighted by molar-refractivity contribution is -0.142. The first kappa shape index (κ1) is 61.8. The predicted octanol–water partition coefficient (Wildman–Crippen LogP) is -0.945. The fraction of sp³-hybridized carbons (Fsp3) is 0.558. The van der Waals surface area contributed by atoms with Crippen LogP contribution in [0.1, 0.15) is 95.6 Å². The SMILES string of the molecule is COc1ccc(C[C@@H]2NC(=O)CC3(CCCCC3)SSC[C@H](C(=O)N3CCC[C@H]3C(=O)N[C@H](CCCN=C(N)N)C(=O)NCC(N)=O)NC(=O)[C@@H](CC(N)=O)NC(=O)[C@H](C(C)C)NC(=O)[C@@H](Cc3ccccc3)NC2=O)cc1. The van der Waals surface area contributed by atoms with Crippen LogP contribution in [0.3, 0.4) is 0 Å². The second kappa shape index (κ2) is 30.2. The third-order valence-electron chi connectivity index (χ3n) is 13.6. The highest BCUT2D eigenvalue weighted by atomic mass is 33.1. The molecular formula is C52H75N13O11S2. The molecule has 26 heteroatoms. The lowest BCUT2D eigenvalue weighted by Gasteiger charge is -2.37. The Morgan fingerprint density at radius 2 is 1.40 bits per heavy atom. The average Bonchev–Trinajstić information content (AvgIpc) is 3.90. The van der Waals surface area contributed by atoms with Crippen molar-refractivity contribution in [2.75, 3.05) is 32.5 Å². The van der Waals surface area contributed by atoms with Gasteiger partial charge in [0, 0.05) is 42.9 Å². The van der Waals surface area contributed by atoms with E-state index in [1.54, 1.807) is 68.4 Å². The van der Waals surface area contributed by atoms with E-state index in [9.17, 15) is 47.9 Å². The molecule has 1 aliphatic carbocycles. The molecule has 1 saturated carbocycles. The molecule has 3 fully saturated rings. The molecule has 5 rings (SSSR count). The van der Waals surface area contributed by atoms with Gasteiger partial charge in [-0.25, -0.2) is 0 Å². The quantitative estimate of drug-likeness (QED) is 0.0371. The summed E-state index contributed by atoms with van der Waals surface area (Å²) < 4.78 is 4.63. The highest BCUT2D eigenvalue weighted by Gasteiger charge is 2.42. The van der Waals surface area contributed by atoms with Crippen molar-refractivity contribution in [1.29, 1.82) is 0 Å². The van der Waals surface area contributed by atoms with Crippen molar-refractivity contribution in [2.45, 2.75) is 144 Å². The van der Waals surface area contributed by atoms with E-state index in [0.717, 1.165) is 19.3 Å². The van der Waals surface area contributed by atoms with Crippen LogP contribution >= 0.6 is 21.6 Å². The van der Waals surface area contributed by atoms with Gasteiger partial charge in [-0.05, 0) is 67.7 Å². The summed E-state index contributed by atoms with van der Waals surface area (Å²) in [5, 5.41) is 19.0. The molecule has 2 heterocycles. The normalized spacial score (nSPS) is 23.0. The zero-order chi connectivity index (χ0) is 56.9. The molecule has 24 nitrogen and oxygen atoms in total. The Labute approximate surface area is 461 Å². The minimum absolute atomic E-state index is 0.0136. The molecule has 1 spiro atoms. The summed E-state index contributed by atoms with van der Waals surface area (Å²) >= 11 is 0. The molecule has 2 aromatic carbocycles. The number of ether oxygens (including phenoxy) is 1. The van der Waals surface area contributed by atoms with Gasteiger partial charge in [-0.2, -0.15) is 0 Å². The minimum Gasteiger partial charge on any atom is -0.497 e. The largest absolute Gasteiger partial charge is 0.497 e. The molecule has 0 bridgehead atoms. The van der Waals surface area contributed by atoms with Gasteiger partial charge < -0.3 is 69.8 Å². The molecular weight excluding hydrogens is 1050 g/mol. The van der Waals surface area contributed by atoms with Gasteiger partial charge in [-0.15, -0.1) is 0 Å². The van der Waals surface area contributed by atoms with Crippen LogP contribution in [0.2, 0.25) is 0 Å². The molecule has 7 atom stereocenters. The molecule has 10 amide bonds. The number of aliphatic imine (C=N–C) groups is 1. The van der Waals surface area contributed by atoms with Crippen LogP contribution in [-0.2, 0) is 60.8 Å². The zero-order valence-corrected chi connectivity index (χ0v) is 46.0. The molecule has 0 aromatic heterocycles. The van der Waals surface area contributed by atoms with E-state index in [-0.39, 0.29) is 63.3 Å². The second-order valence-corrected chi connectivity index (χ2v) is 22.9. The molecule has 2 saturated heterocycles. The van der Waals surface area contributed by atoms with Crippen molar-refractivity contribution in [3.8, 4) is 5.75 Å².